The van der Waals surface area contributed by atoms with Crippen molar-refractivity contribution < 1.29 is 4.79 Å². The highest BCUT2D eigenvalue weighted by Crippen LogP contribution is 2.37. The molecular weight excluding hydrogens is 377 g/mol. The summed E-state index contributed by atoms with van der Waals surface area (Å²) < 4.78 is 0. The largest absolute Gasteiger partial charge is 0.338 e. The van der Waals surface area contributed by atoms with Crippen LogP contribution < -0.4 is 5.32 Å². The van der Waals surface area contributed by atoms with Gasteiger partial charge < -0.3 is 10.2 Å². The number of aromatic nitrogens is 1. The highest BCUT2D eigenvalue weighted by atomic mass is 35.5. The molecule has 4 rings (SSSR count). The van der Waals surface area contributed by atoms with Crippen molar-refractivity contribution in [3.63, 3.8) is 0 Å². The van der Waals surface area contributed by atoms with Crippen LogP contribution >= 0.6 is 36.2 Å². The van der Waals surface area contributed by atoms with Gasteiger partial charge in [-0.1, -0.05) is 30.3 Å². The number of benzene rings is 1. The van der Waals surface area contributed by atoms with Gasteiger partial charge in [-0.05, 0) is 31.2 Å². The SMILES string of the molecule is Cl.Cl.O=C(c1cnc(-c2ccccc2)s1)N1CCC2(CCNC2)CC1. The van der Waals surface area contributed by atoms with Crippen LogP contribution in [0.15, 0.2) is 36.5 Å². The Labute approximate surface area is 164 Å². The second-order valence-corrected chi connectivity index (χ2v) is 7.65. The van der Waals surface area contributed by atoms with E-state index in [1.54, 1.807) is 6.20 Å². The fraction of sp³-hybridized carbons (Fsp3) is 0.444. The van der Waals surface area contributed by atoms with E-state index in [1.165, 1.54) is 17.8 Å². The van der Waals surface area contributed by atoms with Crippen LogP contribution in [0.4, 0.5) is 0 Å². The monoisotopic (exact) mass is 399 g/mol. The number of amides is 1. The zero-order chi connectivity index (χ0) is 15.7. The minimum absolute atomic E-state index is 0. The number of thiazole rings is 1. The number of carbonyl (C=O) groups excluding carboxylic acids is 1. The van der Waals surface area contributed by atoms with Crippen LogP contribution in [0.5, 0.6) is 0 Å². The third-order valence-electron chi connectivity index (χ3n) is 5.18. The average Bonchev–Trinajstić information content (AvgIpc) is 3.26. The highest BCUT2D eigenvalue weighted by Gasteiger charge is 2.38. The maximum Gasteiger partial charge on any atom is 0.265 e. The summed E-state index contributed by atoms with van der Waals surface area (Å²) in [7, 11) is 0. The van der Waals surface area contributed by atoms with Gasteiger partial charge in [0.1, 0.15) is 9.88 Å². The molecule has 7 heteroatoms. The first kappa shape index (κ1) is 20.2. The highest BCUT2D eigenvalue weighted by molar-refractivity contribution is 7.16. The Morgan fingerprint density at radius 3 is 2.48 bits per heavy atom. The number of nitrogens with zero attached hydrogens (tertiary/aromatic N) is 2. The number of carbonyl (C=O) groups is 1. The zero-order valence-corrected chi connectivity index (χ0v) is 16.4. The quantitative estimate of drug-likeness (QED) is 0.833. The number of piperidine rings is 1. The van der Waals surface area contributed by atoms with Crippen LogP contribution in [0.1, 0.15) is 28.9 Å². The average molecular weight is 400 g/mol. The fourth-order valence-corrected chi connectivity index (χ4v) is 4.54. The summed E-state index contributed by atoms with van der Waals surface area (Å²) in [5.41, 5.74) is 1.52. The Kier molecular flexibility index (Phi) is 6.86. The summed E-state index contributed by atoms with van der Waals surface area (Å²) in [5.74, 6) is 0.144. The van der Waals surface area contributed by atoms with Crippen LogP contribution in [0.25, 0.3) is 10.6 Å². The molecule has 2 aliphatic rings. The Morgan fingerprint density at radius 2 is 1.84 bits per heavy atom. The van der Waals surface area contributed by atoms with E-state index in [9.17, 15) is 4.79 Å². The van der Waals surface area contributed by atoms with Gasteiger partial charge in [-0.25, -0.2) is 4.98 Å². The second-order valence-electron chi connectivity index (χ2n) is 6.61. The van der Waals surface area contributed by atoms with E-state index in [4.69, 9.17) is 0 Å². The number of nitrogens with one attached hydrogen (secondary N) is 1. The molecule has 136 valence electrons. The molecule has 1 amide bonds. The van der Waals surface area contributed by atoms with Crippen molar-refractivity contribution in [3.8, 4) is 10.6 Å². The summed E-state index contributed by atoms with van der Waals surface area (Å²) in [5, 5.41) is 4.39. The molecule has 25 heavy (non-hydrogen) atoms. The van der Waals surface area contributed by atoms with Gasteiger partial charge in [0.15, 0.2) is 0 Å². The molecule has 0 bridgehead atoms. The molecule has 2 aromatic rings. The van der Waals surface area contributed by atoms with Gasteiger partial charge in [-0.3, -0.25) is 4.79 Å². The van der Waals surface area contributed by atoms with Crippen molar-refractivity contribution >= 4 is 42.1 Å². The second kappa shape index (κ2) is 8.49. The molecule has 4 nitrogen and oxygen atoms in total. The molecule has 2 fully saturated rings. The molecule has 0 atom stereocenters. The Balaban J connectivity index is 0.00000113. The lowest BCUT2D eigenvalue weighted by Gasteiger charge is -2.38. The van der Waals surface area contributed by atoms with Crippen molar-refractivity contribution in [2.24, 2.45) is 5.41 Å². The van der Waals surface area contributed by atoms with Gasteiger partial charge >= 0.3 is 0 Å². The van der Waals surface area contributed by atoms with Crippen molar-refractivity contribution in [1.29, 1.82) is 0 Å². The molecule has 1 aromatic heterocycles. The lowest BCUT2D eigenvalue weighted by molar-refractivity contribution is 0.0612. The predicted molar refractivity (Wildman–Crippen MR) is 107 cm³/mol. The third kappa shape index (κ3) is 4.17. The molecule has 3 heterocycles. The van der Waals surface area contributed by atoms with E-state index in [2.05, 4.69) is 10.3 Å². The maximum absolute atomic E-state index is 12.7. The minimum Gasteiger partial charge on any atom is -0.338 e. The van der Waals surface area contributed by atoms with Crippen LogP contribution in [0, 0.1) is 5.41 Å². The standard InChI is InChI=1S/C18H21N3OS.2ClH/c22-17(21-10-7-18(8-11-21)6-9-19-13-18)15-12-20-16(23-15)14-4-2-1-3-5-14;;/h1-5,12,19H,6-11,13H2;2*1H. The Bertz CT molecular complexity index is 691. The predicted octanol–water partition coefficient (Wildman–Crippen LogP) is 3.87. The Morgan fingerprint density at radius 1 is 1.12 bits per heavy atom. The van der Waals surface area contributed by atoms with E-state index in [1.807, 2.05) is 35.2 Å². The van der Waals surface area contributed by atoms with Crippen LogP contribution in [0.2, 0.25) is 0 Å². The number of halogens is 2. The molecule has 0 aliphatic carbocycles. The fourth-order valence-electron chi connectivity index (χ4n) is 3.65. The van der Waals surface area contributed by atoms with Crippen molar-refractivity contribution in [1.82, 2.24) is 15.2 Å². The van der Waals surface area contributed by atoms with Crippen LogP contribution in [-0.2, 0) is 0 Å². The molecule has 1 aromatic carbocycles. The summed E-state index contributed by atoms with van der Waals surface area (Å²) in [6.45, 7) is 4.00. The molecule has 0 unspecified atom stereocenters. The number of hydrogen-bond donors (Lipinski definition) is 1. The van der Waals surface area contributed by atoms with Crippen LogP contribution in [0.3, 0.4) is 0 Å². The third-order valence-corrected chi connectivity index (χ3v) is 6.22. The molecule has 1 spiro atoms. The smallest absolute Gasteiger partial charge is 0.265 e. The Hall–Kier alpha value is -1.14. The van der Waals surface area contributed by atoms with Crippen molar-refractivity contribution in [3.05, 3.63) is 41.4 Å². The van der Waals surface area contributed by atoms with Crippen LogP contribution in [-0.4, -0.2) is 42.0 Å². The summed E-state index contributed by atoms with van der Waals surface area (Å²) >= 11 is 1.50. The van der Waals surface area contributed by atoms with Crippen molar-refractivity contribution in [2.45, 2.75) is 19.3 Å². The molecule has 0 radical (unpaired) electrons. The molecule has 2 saturated heterocycles. The van der Waals surface area contributed by atoms with E-state index < -0.39 is 0 Å². The zero-order valence-electron chi connectivity index (χ0n) is 13.9. The van der Waals surface area contributed by atoms with E-state index >= 15 is 0 Å². The summed E-state index contributed by atoms with van der Waals surface area (Å²) in [4.78, 5) is 19.9. The van der Waals surface area contributed by atoms with Gasteiger partial charge in [-0.2, -0.15) is 0 Å². The minimum atomic E-state index is 0. The maximum atomic E-state index is 12.7. The lowest BCUT2D eigenvalue weighted by atomic mass is 9.78. The first-order valence-corrected chi connectivity index (χ1v) is 9.09. The normalized spacial score (nSPS) is 18.5. The first-order chi connectivity index (χ1) is 11.3. The van der Waals surface area contributed by atoms with E-state index in [-0.39, 0.29) is 30.7 Å². The molecule has 0 saturated carbocycles. The number of hydrogen-bond acceptors (Lipinski definition) is 4. The molecular formula is C18H23Cl2N3OS. The van der Waals surface area contributed by atoms with E-state index in [0.717, 1.165) is 54.5 Å². The topological polar surface area (TPSA) is 45.2 Å². The summed E-state index contributed by atoms with van der Waals surface area (Å²) in [6.07, 6.45) is 5.23. The molecule has 1 N–H and O–H groups in total. The van der Waals surface area contributed by atoms with E-state index in [0.29, 0.717) is 5.41 Å². The molecule has 2 aliphatic heterocycles. The van der Waals surface area contributed by atoms with Crippen molar-refractivity contribution in [2.75, 3.05) is 26.2 Å². The van der Waals surface area contributed by atoms with Gasteiger partial charge in [-0.15, -0.1) is 36.2 Å². The van der Waals surface area contributed by atoms with Gasteiger partial charge in [0, 0.05) is 25.2 Å². The number of likely N-dealkylation sites (tertiary alicyclic amines) is 1. The van der Waals surface area contributed by atoms with Gasteiger partial charge in [0.2, 0.25) is 0 Å². The first-order valence-electron chi connectivity index (χ1n) is 8.27. The lowest BCUT2D eigenvalue weighted by Crippen LogP contribution is -2.43. The van der Waals surface area contributed by atoms with Gasteiger partial charge in [0.25, 0.3) is 5.91 Å². The summed E-state index contributed by atoms with van der Waals surface area (Å²) in [6, 6.07) is 10.1. The van der Waals surface area contributed by atoms with Gasteiger partial charge in [0.05, 0.1) is 6.20 Å². The number of rotatable bonds is 2.